The van der Waals surface area contributed by atoms with Crippen LogP contribution in [-0.2, 0) is 16.0 Å². The Kier molecular flexibility index (Phi) is 7.03. The Morgan fingerprint density at radius 3 is 2.42 bits per heavy atom. The molecule has 8 nitrogen and oxygen atoms in total. The molecule has 0 amide bonds. The van der Waals surface area contributed by atoms with Gasteiger partial charge in [0.2, 0.25) is 0 Å². The van der Waals surface area contributed by atoms with E-state index in [2.05, 4.69) is 40.0 Å². The number of anilines is 2. The topological polar surface area (TPSA) is 94.5 Å². The van der Waals surface area contributed by atoms with E-state index in [1.54, 1.807) is 17.8 Å². The summed E-state index contributed by atoms with van der Waals surface area (Å²) >= 11 is 6.45. The van der Waals surface area contributed by atoms with E-state index in [4.69, 9.17) is 21.7 Å². The molecule has 3 rings (SSSR count). The number of ether oxygens (including phenoxy) is 2. The van der Waals surface area contributed by atoms with Gasteiger partial charge >= 0.3 is 11.9 Å². The van der Waals surface area contributed by atoms with E-state index in [9.17, 15) is 9.59 Å². The lowest BCUT2D eigenvalue weighted by atomic mass is 10.1. The lowest BCUT2D eigenvalue weighted by Crippen LogP contribution is -2.20. The van der Waals surface area contributed by atoms with Gasteiger partial charge in [-0.15, -0.1) is 11.3 Å². The normalized spacial score (nSPS) is 10.5. The fourth-order valence-electron chi connectivity index (χ4n) is 2.90. The molecule has 0 bridgehead atoms. The number of esters is 2. The molecule has 0 aliphatic heterocycles. The van der Waals surface area contributed by atoms with Gasteiger partial charge in [-0.05, 0) is 37.2 Å². The van der Waals surface area contributed by atoms with Gasteiger partial charge in [0.05, 0.1) is 38.2 Å². The first-order valence-electron chi connectivity index (χ1n) is 9.28. The van der Waals surface area contributed by atoms with Crippen LogP contribution in [0.4, 0.5) is 10.7 Å². The van der Waals surface area contributed by atoms with Crippen LogP contribution in [0.1, 0.15) is 36.7 Å². The van der Waals surface area contributed by atoms with Crippen molar-refractivity contribution in [2.75, 3.05) is 24.9 Å². The molecule has 0 aliphatic carbocycles. The van der Waals surface area contributed by atoms with Crippen molar-refractivity contribution >= 4 is 51.3 Å². The second-order valence-corrected chi connectivity index (χ2v) is 8.16. The summed E-state index contributed by atoms with van der Waals surface area (Å²) in [7, 11) is 2.56. The molecule has 10 heteroatoms. The van der Waals surface area contributed by atoms with Gasteiger partial charge in [-0.3, -0.25) is 4.68 Å². The first-order chi connectivity index (χ1) is 14.8. The summed E-state index contributed by atoms with van der Waals surface area (Å²) in [4.78, 5) is 24.5. The number of hydrogen-bond donors (Lipinski definition) is 2. The molecule has 0 unspecified atom stereocenters. The molecular weight excluding hydrogens is 436 g/mol. The van der Waals surface area contributed by atoms with Crippen molar-refractivity contribution in [3.63, 3.8) is 0 Å². The molecule has 0 aliphatic rings. The summed E-state index contributed by atoms with van der Waals surface area (Å²) < 4.78 is 11.4. The van der Waals surface area contributed by atoms with Crippen LogP contribution in [0, 0.1) is 13.8 Å². The van der Waals surface area contributed by atoms with Crippen LogP contribution in [0.2, 0.25) is 0 Å². The third-order valence-electron chi connectivity index (χ3n) is 4.49. The molecule has 0 saturated carbocycles. The average Bonchev–Trinajstić information content (AvgIpc) is 3.32. The molecular formula is C21H22N4O4S2. The van der Waals surface area contributed by atoms with Crippen LogP contribution < -0.4 is 10.6 Å². The van der Waals surface area contributed by atoms with Crippen molar-refractivity contribution in [3.8, 4) is 0 Å². The standard InChI is InChI=1S/C21H22N4O4S2/c1-12-5-7-14(8-6-12)10-25-11-15(9-22-25)23-21(30)24-18-16(19(26)28-3)13(2)17(31-18)20(27)29-4/h5-9,11H,10H2,1-4H3,(H2,23,24,30). The van der Waals surface area contributed by atoms with E-state index in [0.29, 0.717) is 27.7 Å². The number of carbonyl (C=O) groups is 2. The molecule has 0 saturated heterocycles. The molecule has 0 atom stereocenters. The number of nitrogens with one attached hydrogen (secondary N) is 2. The smallest absolute Gasteiger partial charge is 0.348 e. The molecule has 2 N–H and O–H groups in total. The first kappa shape index (κ1) is 22.4. The summed E-state index contributed by atoms with van der Waals surface area (Å²) in [6.45, 7) is 4.33. The van der Waals surface area contributed by atoms with Gasteiger partial charge in [0.15, 0.2) is 5.11 Å². The highest BCUT2D eigenvalue weighted by atomic mass is 32.1. The van der Waals surface area contributed by atoms with Gasteiger partial charge in [-0.1, -0.05) is 29.8 Å². The second-order valence-electron chi connectivity index (χ2n) is 6.73. The molecule has 2 heterocycles. The molecule has 2 aromatic heterocycles. The maximum atomic E-state index is 12.2. The van der Waals surface area contributed by atoms with Crippen LogP contribution >= 0.6 is 23.6 Å². The number of aromatic nitrogens is 2. The van der Waals surface area contributed by atoms with Crippen molar-refractivity contribution in [2.45, 2.75) is 20.4 Å². The van der Waals surface area contributed by atoms with Crippen molar-refractivity contribution in [1.82, 2.24) is 9.78 Å². The van der Waals surface area contributed by atoms with Crippen LogP contribution in [0.5, 0.6) is 0 Å². The number of carbonyl (C=O) groups excluding carboxylic acids is 2. The number of nitrogens with zero attached hydrogens (tertiary/aromatic N) is 2. The minimum Gasteiger partial charge on any atom is -0.465 e. The van der Waals surface area contributed by atoms with E-state index < -0.39 is 11.9 Å². The predicted octanol–water partition coefficient (Wildman–Crippen LogP) is 3.99. The zero-order chi connectivity index (χ0) is 22.5. The minimum atomic E-state index is -0.569. The van der Waals surface area contributed by atoms with Crippen LogP contribution in [-0.4, -0.2) is 41.1 Å². The Balaban J connectivity index is 1.72. The van der Waals surface area contributed by atoms with E-state index >= 15 is 0 Å². The minimum absolute atomic E-state index is 0.243. The quantitative estimate of drug-likeness (QED) is 0.423. The van der Waals surface area contributed by atoms with Gasteiger partial charge in [-0.25, -0.2) is 9.59 Å². The Labute approximate surface area is 189 Å². The average molecular weight is 459 g/mol. The van der Waals surface area contributed by atoms with Gasteiger partial charge in [-0.2, -0.15) is 5.10 Å². The monoisotopic (exact) mass is 458 g/mol. The third-order valence-corrected chi connectivity index (χ3v) is 5.88. The summed E-state index contributed by atoms with van der Waals surface area (Å²) in [5, 5.41) is 11.0. The summed E-state index contributed by atoms with van der Waals surface area (Å²) in [5.41, 5.74) is 3.74. The Bertz CT molecular complexity index is 1120. The van der Waals surface area contributed by atoms with Gasteiger partial charge < -0.3 is 20.1 Å². The van der Waals surface area contributed by atoms with Crippen LogP contribution in [0.3, 0.4) is 0 Å². The molecule has 3 aromatic rings. The maximum absolute atomic E-state index is 12.2. The van der Waals surface area contributed by atoms with E-state index in [1.165, 1.54) is 19.8 Å². The number of thiophene rings is 1. The zero-order valence-electron chi connectivity index (χ0n) is 17.5. The van der Waals surface area contributed by atoms with Gasteiger partial charge in [0.1, 0.15) is 9.88 Å². The first-order valence-corrected chi connectivity index (χ1v) is 10.5. The zero-order valence-corrected chi connectivity index (χ0v) is 19.1. The Morgan fingerprint density at radius 2 is 1.77 bits per heavy atom. The number of rotatable bonds is 6. The van der Waals surface area contributed by atoms with Crippen LogP contribution in [0.25, 0.3) is 0 Å². The molecule has 31 heavy (non-hydrogen) atoms. The highest BCUT2D eigenvalue weighted by Gasteiger charge is 2.26. The number of aryl methyl sites for hydroxylation is 1. The van der Waals surface area contributed by atoms with Crippen molar-refractivity contribution in [1.29, 1.82) is 0 Å². The lowest BCUT2D eigenvalue weighted by Gasteiger charge is -2.09. The van der Waals surface area contributed by atoms with Crippen molar-refractivity contribution in [3.05, 3.63) is 63.8 Å². The predicted molar refractivity (Wildman–Crippen MR) is 124 cm³/mol. The number of thiocarbonyl (C=S) groups is 1. The fourth-order valence-corrected chi connectivity index (χ4v) is 4.30. The van der Waals surface area contributed by atoms with E-state index in [0.717, 1.165) is 16.9 Å². The second kappa shape index (κ2) is 9.71. The Morgan fingerprint density at radius 1 is 1.10 bits per heavy atom. The van der Waals surface area contributed by atoms with Crippen LogP contribution in [0.15, 0.2) is 36.7 Å². The van der Waals surface area contributed by atoms with E-state index in [-0.39, 0.29) is 10.7 Å². The SMILES string of the molecule is COC(=O)c1sc(NC(=S)Nc2cnn(Cc3ccc(C)cc3)c2)c(C(=O)OC)c1C. The van der Waals surface area contributed by atoms with Crippen molar-refractivity contribution < 1.29 is 19.1 Å². The molecule has 0 fully saturated rings. The molecule has 0 radical (unpaired) electrons. The largest absolute Gasteiger partial charge is 0.465 e. The maximum Gasteiger partial charge on any atom is 0.348 e. The fraction of sp³-hybridized carbons (Fsp3) is 0.238. The third kappa shape index (κ3) is 5.28. The van der Waals surface area contributed by atoms with Gasteiger partial charge in [0, 0.05) is 6.20 Å². The highest BCUT2D eigenvalue weighted by molar-refractivity contribution is 7.80. The lowest BCUT2D eigenvalue weighted by molar-refractivity contribution is 0.0601. The number of hydrogen-bond acceptors (Lipinski definition) is 7. The molecule has 1 aromatic carbocycles. The number of methoxy groups -OCH3 is 2. The van der Waals surface area contributed by atoms with Crippen molar-refractivity contribution in [2.24, 2.45) is 0 Å². The highest BCUT2D eigenvalue weighted by Crippen LogP contribution is 2.34. The summed E-state index contributed by atoms with van der Waals surface area (Å²) in [5.74, 6) is -1.10. The summed E-state index contributed by atoms with van der Waals surface area (Å²) in [6.07, 6.45) is 3.48. The molecule has 162 valence electrons. The summed E-state index contributed by atoms with van der Waals surface area (Å²) in [6, 6.07) is 8.23. The van der Waals surface area contributed by atoms with E-state index in [1.807, 2.05) is 13.1 Å². The Hall–Kier alpha value is -3.24. The van der Waals surface area contributed by atoms with Gasteiger partial charge in [0.25, 0.3) is 0 Å². The molecule has 0 spiro atoms. The number of benzene rings is 1.